The number of azide groups is 1. The van der Waals surface area contributed by atoms with Crippen molar-refractivity contribution in [3.05, 3.63) is 45.8 Å². The van der Waals surface area contributed by atoms with E-state index in [1.807, 2.05) is 12.1 Å². The third kappa shape index (κ3) is 2.06. The van der Waals surface area contributed by atoms with Gasteiger partial charge in [-0.3, -0.25) is 9.59 Å². The number of carbonyl (C=O) groups excluding carboxylic acids is 2. The first-order chi connectivity index (χ1) is 9.15. The van der Waals surface area contributed by atoms with Crippen molar-refractivity contribution in [1.29, 1.82) is 0 Å². The Morgan fingerprint density at radius 3 is 2.95 bits per heavy atom. The molecule has 0 amide bonds. The highest BCUT2D eigenvalue weighted by molar-refractivity contribution is 6.18. The molecule has 1 aliphatic carbocycles. The first-order valence-corrected chi connectivity index (χ1v) is 6.02. The van der Waals surface area contributed by atoms with E-state index in [-0.39, 0.29) is 13.0 Å². The van der Waals surface area contributed by atoms with E-state index < -0.39 is 17.3 Å². The third-order valence-electron chi connectivity index (χ3n) is 3.22. The molecular formula is C13H13N3O3. The van der Waals surface area contributed by atoms with Gasteiger partial charge >= 0.3 is 5.97 Å². The maximum absolute atomic E-state index is 12.5. The summed E-state index contributed by atoms with van der Waals surface area (Å²) in [5, 5.41) is 3.47. The zero-order chi connectivity index (χ0) is 13.9. The molecule has 0 N–H and O–H groups in total. The van der Waals surface area contributed by atoms with Crippen molar-refractivity contribution < 1.29 is 14.3 Å². The Morgan fingerprint density at radius 2 is 2.26 bits per heavy atom. The van der Waals surface area contributed by atoms with Crippen LogP contribution >= 0.6 is 0 Å². The minimum absolute atomic E-state index is 0.135. The lowest BCUT2D eigenvalue weighted by Gasteiger charge is -2.30. The number of aryl methyl sites for hydroxylation is 1. The second kappa shape index (κ2) is 5.12. The minimum atomic E-state index is -1.75. The van der Waals surface area contributed by atoms with Gasteiger partial charge in [-0.15, -0.1) is 0 Å². The van der Waals surface area contributed by atoms with Crippen LogP contribution in [0.15, 0.2) is 29.4 Å². The van der Waals surface area contributed by atoms with Crippen LogP contribution in [0.1, 0.15) is 29.3 Å². The van der Waals surface area contributed by atoms with Gasteiger partial charge in [0.25, 0.3) is 0 Å². The number of fused-ring (bicyclic) bond motifs is 1. The number of hydrogen-bond donors (Lipinski definition) is 0. The molecule has 0 radical (unpaired) electrons. The molecule has 98 valence electrons. The smallest absolute Gasteiger partial charge is 0.326 e. The van der Waals surface area contributed by atoms with E-state index in [0.717, 1.165) is 5.56 Å². The van der Waals surface area contributed by atoms with Crippen LogP contribution in [0.2, 0.25) is 0 Å². The molecule has 1 aliphatic rings. The Morgan fingerprint density at radius 1 is 1.53 bits per heavy atom. The van der Waals surface area contributed by atoms with Crippen LogP contribution in [0, 0.1) is 0 Å². The van der Waals surface area contributed by atoms with Gasteiger partial charge in [0.15, 0.2) is 5.78 Å². The van der Waals surface area contributed by atoms with Gasteiger partial charge in [-0.25, -0.2) is 0 Å². The van der Waals surface area contributed by atoms with Gasteiger partial charge in [0, 0.05) is 10.5 Å². The highest BCUT2D eigenvalue weighted by Crippen LogP contribution is 2.33. The second-order valence-corrected chi connectivity index (χ2v) is 4.26. The Bertz CT molecular complexity index is 578. The number of ketones is 1. The minimum Gasteiger partial charge on any atom is -0.465 e. The van der Waals surface area contributed by atoms with Crippen LogP contribution in [0.3, 0.4) is 0 Å². The third-order valence-corrected chi connectivity index (χ3v) is 3.22. The standard InChI is InChI=1S/C13H13N3O3/c1-2-19-12(18)13(15-16-14)8-7-9-5-3-4-6-10(9)11(13)17/h3-6H,2,7-8H2,1H3. The lowest BCUT2D eigenvalue weighted by Crippen LogP contribution is -2.48. The summed E-state index contributed by atoms with van der Waals surface area (Å²) in [6.45, 7) is 1.78. The molecule has 2 rings (SSSR count). The number of hydrogen-bond acceptors (Lipinski definition) is 4. The quantitative estimate of drug-likeness (QED) is 0.274. The monoisotopic (exact) mass is 259 g/mol. The number of ether oxygens (including phenoxy) is 1. The summed E-state index contributed by atoms with van der Waals surface area (Å²) in [4.78, 5) is 27.2. The fourth-order valence-electron chi connectivity index (χ4n) is 2.27. The molecule has 1 aromatic rings. The lowest BCUT2D eigenvalue weighted by atomic mass is 9.77. The van der Waals surface area contributed by atoms with Crippen LogP contribution < -0.4 is 0 Å². The average molecular weight is 259 g/mol. The van der Waals surface area contributed by atoms with Gasteiger partial charge in [0.2, 0.25) is 5.54 Å². The Labute approximate surface area is 110 Å². The maximum atomic E-state index is 12.5. The van der Waals surface area contributed by atoms with Gasteiger partial charge in [0.05, 0.1) is 6.61 Å². The van der Waals surface area contributed by atoms with Crippen molar-refractivity contribution in [3.63, 3.8) is 0 Å². The van der Waals surface area contributed by atoms with E-state index in [2.05, 4.69) is 10.0 Å². The Balaban J connectivity index is 2.51. The van der Waals surface area contributed by atoms with Crippen molar-refractivity contribution in [2.75, 3.05) is 6.61 Å². The summed E-state index contributed by atoms with van der Waals surface area (Å²) in [6.07, 6.45) is 0.644. The lowest BCUT2D eigenvalue weighted by molar-refractivity contribution is -0.147. The Hall–Kier alpha value is -2.33. The molecule has 1 aromatic carbocycles. The van der Waals surface area contributed by atoms with Crippen LogP contribution in [0.5, 0.6) is 0 Å². The molecule has 0 saturated carbocycles. The SMILES string of the molecule is CCOC(=O)C1(N=[N+]=[N-])CCc2ccccc2C1=O. The molecule has 0 spiro atoms. The summed E-state index contributed by atoms with van der Waals surface area (Å²) in [6, 6.07) is 7.02. The predicted octanol–water partition coefficient (Wildman–Crippen LogP) is 2.43. The fourth-order valence-corrected chi connectivity index (χ4v) is 2.27. The van der Waals surface area contributed by atoms with Gasteiger partial charge < -0.3 is 4.74 Å². The number of Topliss-reactive ketones (excluding diaryl/α,β-unsaturated/α-hetero) is 1. The van der Waals surface area contributed by atoms with E-state index >= 15 is 0 Å². The first-order valence-electron chi connectivity index (χ1n) is 6.02. The number of carbonyl (C=O) groups is 2. The molecule has 0 aliphatic heterocycles. The molecule has 0 bridgehead atoms. The first kappa shape index (κ1) is 13.1. The van der Waals surface area contributed by atoms with Gasteiger partial charge in [-0.1, -0.05) is 29.4 Å². The number of esters is 1. The normalized spacial score (nSPS) is 21.2. The molecule has 1 atom stereocenters. The van der Waals surface area contributed by atoms with Crippen LogP contribution in [0.25, 0.3) is 10.4 Å². The highest BCUT2D eigenvalue weighted by Gasteiger charge is 2.49. The van der Waals surface area contributed by atoms with Crippen molar-refractivity contribution in [3.8, 4) is 0 Å². The van der Waals surface area contributed by atoms with Gasteiger partial charge in [0.1, 0.15) is 0 Å². The maximum Gasteiger partial charge on any atom is 0.326 e. The van der Waals surface area contributed by atoms with Gasteiger partial charge in [-0.2, -0.15) is 0 Å². The van der Waals surface area contributed by atoms with Crippen molar-refractivity contribution in [1.82, 2.24) is 0 Å². The van der Waals surface area contributed by atoms with Crippen molar-refractivity contribution in [2.24, 2.45) is 5.11 Å². The summed E-state index contributed by atoms with van der Waals surface area (Å²) in [5.41, 5.74) is 8.20. The predicted molar refractivity (Wildman–Crippen MR) is 67.6 cm³/mol. The van der Waals surface area contributed by atoms with E-state index in [1.165, 1.54) is 0 Å². The van der Waals surface area contributed by atoms with E-state index in [9.17, 15) is 9.59 Å². The van der Waals surface area contributed by atoms with Gasteiger partial charge in [-0.05, 0) is 30.9 Å². The fraction of sp³-hybridized carbons (Fsp3) is 0.385. The molecule has 6 heteroatoms. The summed E-state index contributed by atoms with van der Waals surface area (Å²) < 4.78 is 4.90. The molecule has 0 heterocycles. The molecule has 1 unspecified atom stereocenters. The van der Waals surface area contributed by atoms with Crippen molar-refractivity contribution >= 4 is 11.8 Å². The van der Waals surface area contributed by atoms with E-state index in [4.69, 9.17) is 10.3 Å². The Kier molecular flexibility index (Phi) is 3.53. The number of nitrogens with zero attached hydrogens (tertiary/aromatic N) is 3. The molecule has 0 saturated heterocycles. The second-order valence-electron chi connectivity index (χ2n) is 4.26. The molecule has 6 nitrogen and oxygen atoms in total. The van der Waals surface area contributed by atoms with E-state index in [1.54, 1.807) is 19.1 Å². The largest absolute Gasteiger partial charge is 0.465 e. The van der Waals surface area contributed by atoms with E-state index in [0.29, 0.717) is 12.0 Å². The molecule has 0 fully saturated rings. The average Bonchev–Trinajstić information content (AvgIpc) is 2.43. The zero-order valence-electron chi connectivity index (χ0n) is 10.5. The number of rotatable bonds is 3. The molecular weight excluding hydrogens is 246 g/mol. The topological polar surface area (TPSA) is 92.1 Å². The number of benzene rings is 1. The van der Waals surface area contributed by atoms with Crippen LogP contribution in [0.4, 0.5) is 0 Å². The van der Waals surface area contributed by atoms with Crippen LogP contribution in [-0.2, 0) is 16.0 Å². The molecule has 0 aromatic heterocycles. The van der Waals surface area contributed by atoms with Crippen molar-refractivity contribution in [2.45, 2.75) is 25.3 Å². The highest BCUT2D eigenvalue weighted by atomic mass is 16.5. The van der Waals surface area contributed by atoms with Crippen LogP contribution in [-0.4, -0.2) is 23.9 Å². The summed E-state index contributed by atoms with van der Waals surface area (Å²) in [7, 11) is 0. The summed E-state index contributed by atoms with van der Waals surface area (Å²) >= 11 is 0. The zero-order valence-corrected chi connectivity index (χ0v) is 10.5. The summed E-state index contributed by atoms with van der Waals surface area (Å²) in [5.74, 6) is -1.25. The molecule has 19 heavy (non-hydrogen) atoms.